The maximum absolute atomic E-state index is 13.1. The molecule has 0 fully saturated rings. The second-order valence-electron chi connectivity index (χ2n) is 10.1. The Morgan fingerprint density at radius 2 is 1.74 bits per heavy atom. The maximum Gasteiger partial charge on any atom is 0.407 e. The van der Waals surface area contributed by atoms with Crippen molar-refractivity contribution in [3.8, 4) is 34.1 Å². The van der Waals surface area contributed by atoms with Gasteiger partial charge in [0.1, 0.15) is 11.3 Å². The van der Waals surface area contributed by atoms with E-state index in [4.69, 9.17) is 23.7 Å². The zero-order valence-corrected chi connectivity index (χ0v) is 23.3. The van der Waals surface area contributed by atoms with Gasteiger partial charge in [-0.15, -0.1) is 5.10 Å². The number of benzene rings is 1. The van der Waals surface area contributed by atoms with Crippen molar-refractivity contribution >= 4 is 6.09 Å². The first-order valence-corrected chi connectivity index (χ1v) is 12.5. The van der Waals surface area contributed by atoms with Gasteiger partial charge in [0.25, 0.3) is 0 Å². The molecule has 0 saturated heterocycles. The Bertz CT molecular complexity index is 1430. The van der Waals surface area contributed by atoms with Gasteiger partial charge in [-0.05, 0) is 68.5 Å². The lowest BCUT2D eigenvalue weighted by Crippen LogP contribution is -2.32. The highest BCUT2D eigenvalue weighted by molar-refractivity contribution is 5.82. The molecule has 1 aliphatic carbocycles. The Hall–Kier alpha value is -4.28. The van der Waals surface area contributed by atoms with Crippen molar-refractivity contribution in [2.45, 2.75) is 51.8 Å². The molecule has 0 radical (unpaired) electrons. The monoisotopic (exact) mass is 538 g/mol. The van der Waals surface area contributed by atoms with Crippen LogP contribution < -0.4 is 29.7 Å². The molecule has 11 nitrogen and oxygen atoms in total. The van der Waals surface area contributed by atoms with Crippen LogP contribution in [0.15, 0.2) is 35.3 Å². The maximum atomic E-state index is 13.1. The summed E-state index contributed by atoms with van der Waals surface area (Å²) in [4.78, 5) is 25.2. The third-order valence-corrected chi connectivity index (χ3v) is 6.38. The lowest BCUT2D eigenvalue weighted by molar-refractivity contribution is 0.0523. The third kappa shape index (κ3) is 5.76. The molecule has 2 aromatic carbocycles. The van der Waals surface area contributed by atoms with Crippen LogP contribution in [0.2, 0.25) is 0 Å². The first-order chi connectivity index (χ1) is 18.6. The molecule has 208 valence electrons. The fraction of sp³-hybridized carbons (Fsp3) is 0.429. The first-order valence-electron chi connectivity index (χ1n) is 12.5. The number of fused-ring (bicyclic) bond motifs is 3. The molecule has 1 atom stereocenters. The number of hydrogen-bond donors (Lipinski definition) is 1. The quantitative estimate of drug-likeness (QED) is 0.477. The van der Waals surface area contributed by atoms with Crippen molar-refractivity contribution in [1.29, 1.82) is 0 Å². The van der Waals surface area contributed by atoms with Crippen LogP contribution in [-0.2, 0) is 17.7 Å². The Morgan fingerprint density at radius 3 is 2.38 bits per heavy atom. The van der Waals surface area contributed by atoms with E-state index in [9.17, 15) is 9.59 Å². The van der Waals surface area contributed by atoms with Crippen LogP contribution in [0.5, 0.6) is 23.0 Å². The highest BCUT2D eigenvalue weighted by Crippen LogP contribution is 2.50. The average molecular weight is 539 g/mol. The number of ether oxygens (including phenoxy) is 5. The molecule has 39 heavy (non-hydrogen) atoms. The summed E-state index contributed by atoms with van der Waals surface area (Å²) in [6, 6.07) is 6.67. The Labute approximate surface area is 227 Å². The van der Waals surface area contributed by atoms with Gasteiger partial charge in [0, 0.05) is 5.56 Å². The number of amides is 1. The second-order valence-corrected chi connectivity index (χ2v) is 10.1. The molecule has 1 amide bonds. The van der Waals surface area contributed by atoms with E-state index in [0.29, 0.717) is 35.8 Å². The van der Waals surface area contributed by atoms with Crippen molar-refractivity contribution in [1.82, 2.24) is 20.3 Å². The van der Waals surface area contributed by atoms with Crippen LogP contribution in [0.1, 0.15) is 50.1 Å². The fourth-order valence-corrected chi connectivity index (χ4v) is 4.74. The normalized spacial score (nSPS) is 14.4. The number of hydrogen-bond acceptors (Lipinski definition) is 9. The predicted molar refractivity (Wildman–Crippen MR) is 144 cm³/mol. The SMILES string of the molecule is COc1cc2c(c(OC)c1OC)-c1ccc(OC)c(=O)cc1[C@@H](n1cc(CNC(=O)OC(C)(C)C)nn1)CC2. The van der Waals surface area contributed by atoms with Gasteiger partial charge in [-0.25, -0.2) is 9.48 Å². The second kappa shape index (κ2) is 11.2. The number of nitrogens with one attached hydrogen (secondary N) is 1. The highest BCUT2D eigenvalue weighted by Gasteiger charge is 2.30. The van der Waals surface area contributed by atoms with Crippen LogP contribution >= 0.6 is 0 Å². The summed E-state index contributed by atoms with van der Waals surface area (Å²) < 4.78 is 29.4. The Balaban J connectivity index is 1.81. The summed E-state index contributed by atoms with van der Waals surface area (Å²) in [7, 11) is 6.17. The van der Waals surface area contributed by atoms with Gasteiger partial charge in [0.05, 0.1) is 47.2 Å². The topological polar surface area (TPSA) is 123 Å². The minimum absolute atomic E-state index is 0.139. The van der Waals surface area contributed by atoms with Gasteiger partial charge in [0.2, 0.25) is 11.2 Å². The van der Waals surface area contributed by atoms with Crippen LogP contribution in [0.3, 0.4) is 0 Å². The van der Waals surface area contributed by atoms with E-state index in [0.717, 1.165) is 22.3 Å². The summed E-state index contributed by atoms with van der Waals surface area (Å²) in [5.74, 6) is 1.72. The molecule has 1 heterocycles. The smallest absolute Gasteiger partial charge is 0.407 e. The van der Waals surface area contributed by atoms with Gasteiger partial charge in [0.15, 0.2) is 17.2 Å². The van der Waals surface area contributed by atoms with E-state index >= 15 is 0 Å². The predicted octanol–water partition coefficient (Wildman–Crippen LogP) is 3.90. The summed E-state index contributed by atoms with van der Waals surface area (Å²) in [5, 5.41) is 11.3. The van der Waals surface area contributed by atoms with E-state index in [-0.39, 0.29) is 23.8 Å². The molecule has 4 rings (SSSR count). The molecule has 11 heteroatoms. The van der Waals surface area contributed by atoms with Crippen molar-refractivity contribution in [3.63, 3.8) is 0 Å². The van der Waals surface area contributed by atoms with Crippen LogP contribution in [0.25, 0.3) is 11.1 Å². The van der Waals surface area contributed by atoms with Gasteiger partial charge >= 0.3 is 6.09 Å². The van der Waals surface area contributed by atoms with Crippen molar-refractivity contribution in [2.24, 2.45) is 0 Å². The molecular weight excluding hydrogens is 504 g/mol. The third-order valence-electron chi connectivity index (χ3n) is 6.38. The number of nitrogens with zero attached hydrogens (tertiary/aromatic N) is 3. The lowest BCUT2D eigenvalue weighted by Gasteiger charge is -2.19. The van der Waals surface area contributed by atoms with Crippen molar-refractivity contribution in [3.05, 3.63) is 57.5 Å². The highest BCUT2D eigenvalue weighted by atomic mass is 16.6. The van der Waals surface area contributed by atoms with Crippen LogP contribution in [-0.4, -0.2) is 55.1 Å². The largest absolute Gasteiger partial charge is 0.493 e. The minimum atomic E-state index is -0.611. The lowest BCUT2D eigenvalue weighted by atomic mass is 9.95. The summed E-state index contributed by atoms with van der Waals surface area (Å²) >= 11 is 0. The van der Waals surface area contributed by atoms with Gasteiger partial charge < -0.3 is 29.0 Å². The summed E-state index contributed by atoms with van der Waals surface area (Å²) in [6.45, 7) is 5.53. The number of alkyl carbamates (subject to hydrolysis) is 1. The summed E-state index contributed by atoms with van der Waals surface area (Å²) in [6.07, 6.45) is 2.45. The molecule has 0 saturated carbocycles. The molecule has 1 N–H and O–H groups in total. The first kappa shape index (κ1) is 27.7. The summed E-state index contributed by atoms with van der Waals surface area (Å²) in [5.41, 5.74) is 2.94. The van der Waals surface area contributed by atoms with E-state index in [1.807, 2.05) is 12.1 Å². The van der Waals surface area contributed by atoms with E-state index in [2.05, 4.69) is 15.6 Å². The zero-order chi connectivity index (χ0) is 28.3. The Kier molecular flexibility index (Phi) is 7.98. The molecule has 1 aromatic heterocycles. The van der Waals surface area contributed by atoms with Crippen molar-refractivity contribution < 1.29 is 28.5 Å². The molecule has 0 aliphatic heterocycles. The van der Waals surface area contributed by atoms with Crippen LogP contribution in [0, 0.1) is 0 Å². The standard InChI is InChI=1S/C28H34N4O7/c1-28(2,3)39-27(34)29-14-17-15-32(31-30-17)20-10-8-16-12-23(36-5)25(37-6)26(38-7)24(16)18-9-11-22(35-4)21(33)13-19(18)20/h9,11-13,15,20H,8,10,14H2,1-7H3,(H,29,34)/t20-/m0/s1. The molecule has 1 aliphatic rings. The fourth-order valence-electron chi connectivity index (χ4n) is 4.74. The van der Waals surface area contributed by atoms with Gasteiger partial charge in [-0.1, -0.05) is 11.3 Å². The Morgan fingerprint density at radius 1 is 1.03 bits per heavy atom. The molecule has 0 bridgehead atoms. The number of methoxy groups -OCH3 is 4. The van der Waals surface area contributed by atoms with Gasteiger partial charge in [-0.2, -0.15) is 0 Å². The molecule has 0 unspecified atom stereocenters. The number of carbonyl (C=O) groups is 1. The zero-order valence-electron chi connectivity index (χ0n) is 23.3. The van der Waals surface area contributed by atoms with E-state index in [1.165, 1.54) is 7.11 Å². The average Bonchev–Trinajstić information content (AvgIpc) is 3.23. The number of aromatic nitrogens is 3. The molecule has 0 spiro atoms. The van der Waals surface area contributed by atoms with Gasteiger partial charge in [-0.3, -0.25) is 4.79 Å². The minimum Gasteiger partial charge on any atom is -0.493 e. The number of rotatable bonds is 7. The van der Waals surface area contributed by atoms with Crippen LogP contribution in [0.4, 0.5) is 4.79 Å². The molecular formula is C28H34N4O7. The van der Waals surface area contributed by atoms with E-state index in [1.54, 1.807) is 65.1 Å². The number of aryl methyl sites for hydroxylation is 1. The molecule has 3 aromatic rings. The van der Waals surface area contributed by atoms with Crippen molar-refractivity contribution in [2.75, 3.05) is 28.4 Å². The van der Waals surface area contributed by atoms with E-state index < -0.39 is 11.7 Å². The number of carbonyl (C=O) groups excluding carboxylic acids is 1.